The number of unbranched alkanes of at least 4 members (excludes halogenated alkanes) is 3. The number of carbonyl (C=O) groups is 1. The van der Waals surface area contributed by atoms with Gasteiger partial charge in [0, 0.05) is 0 Å². The Hall–Kier alpha value is -1.53. The van der Waals surface area contributed by atoms with Crippen molar-refractivity contribution in [2.75, 3.05) is 0 Å². The second-order valence-corrected chi connectivity index (χ2v) is 4.33. The summed E-state index contributed by atoms with van der Waals surface area (Å²) in [6, 6.07) is -0.0983. The number of aromatic nitrogens is 2. The van der Waals surface area contributed by atoms with Gasteiger partial charge in [-0.3, -0.25) is 0 Å². The molecule has 0 bridgehead atoms. The molecule has 0 N–H and O–H groups in total. The van der Waals surface area contributed by atoms with E-state index < -0.39 is 12.1 Å². The van der Waals surface area contributed by atoms with Crippen LogP contribution >= 0.6 is 0 Å². The van der Waals surface area contributed by atoms with Crippen LogP contribution in [-0.2, 0) is 18.4 Å². The van der Waals surface area contributed by atoms with Crippen molar-refractivity contribution >= 4 is 5.97 Å². The lowest BCUT2D eigenvalue weighted by molar-refractivity contribution is -0.675. The van der Waals surface area contributed by atoms with Gasteiger partial charge in [0.15, 0.2) is 0 Å². The highest BCUT2D eigenvalue weighted by Crippen LogP contribution is 2.18. The standard InChI is InChI=1S/C12H18F3N2O2/c1-3-4-5-6-7-17-9-8-16(2)11(17)19-10(18)12(13,14)15/h8-9H,3-7H2,1-2H3/q+1. The molecule has 0 fully saturated rings. The predicted molar refractivity (Wildman–Crippen MR) is 61.4 cm³/mol. The first-order valence-corrected chi connectivity index (χ1v) is 6.20. The second-order valence-electron chi connectivity index (χ2n) is 4.33. The molecule has 0 aromatic carbocycles. The molecule has 0 amide bonds. The first-order chi connectivity index (χ1) is 8.86. The number of hydrogen-bond acceptors (Lipinski definition) is 2. The molecular weight excluding hydrogens is 261 g/mol. The van der Waals surface area contributed by atoms with Crippen molar-refractivity contribution in [3.63, 3.8) is 0 Å². The molecule has 19 heavy (non-hydrogen) atoms. The number of imidazole rings is 1. The van der Waals surface area contributed by atoms with Gasteiger partial charge in [-0.05, 0) is 12.8 Å². The summed E-state index contributed by atoms with van der Waals surface area (Å²) in [6.07, 6.45) is 2.15. The van der Waals surface area contributed by atoms with Crippen molar-refractivity contribution in [2.24, 2.45) is 7.05 Å². The minimum Gasteiger partial charge on any atom is -0.350 e. The van der Waals surface area contributed by atoms with Gasteiger partial charge in [-0.15, -0.1) is 0 Å². The first-order valence-electron chi connectivity index (χ1n) is 6.20. The third kappa shape index (κ3) is 4.57. The summed E-state index contributed by atoms with van der Waals surface area (Å²) >= 11 is 0. The molecular formula is C12H18F3N2O2+. The number of nitrogens with zero attached hydrogens (tertiary/aromatic N) is 2. The Labute approximate surface area is 109 Å². The Morgan fingerprint density at radius 1 is 1.37 bits per heavy atom. The first kappa shape index (κ1) is 15.5. The van der Waals surface area contributed by atoms with Crippen LogP contribution in [-0.4, -0.2) is 16.7 Å². The number of halogens is 3. The smallest absolute Gasteiger partial charge is 0.350 e. The molecule has 0 spiro atoms. The van der Waals surface area contributed by atoms with Crippen LogP contribution in [0.5, 0.6) is 6.01 Å². The van der Waals surface area contributed by atoms with Gasteiger partial charge >= 0.3 is 18.2 Å². The van der Waals surface area contributed by atoms with E-state index in [1.807, 2.05) is 0 Å². The van der Waals surface area contributed by atoms with Gasteiger partial charge in [0.1, 0.15) is 12.4 Å². The SMILES string of the molecule is CCCCCCn1cc[n+](C)c1OC(=O)C(F)(F)F. The van der Waals surface area contributed by atoms with Crippen molar-refractivity contribution in [3.8, 4) is 6.01 Å². The van der Waals surface area contributed by atoms with Crippen molar-refractivity contribution in [2.45, 2.75) is 45.3 Å². The summed E-state index contributed by atoms with van der Waals surface area (Å²) < 4.78 is 43.8. The van der Waals surface area contributed by atoms with E-state index in [2.05, 4.69) is 11.7 Å². The molecule has 1 heterocycles. The van der Waals surface area contributed by atoms with E-state index >= 15 is 0 Å². The van der Waals surface area contributed by atoms with Gasteiger partial charge in [-0.2, -0.15) is 22.3 Å². The monoisotopic (exact) mass is 279 g/mol. The molecule has 0 atom stereocenters. The summed E-state index contributed by atoms with van der Waals surface area (Å²) in [4.78, 5) is 10.8. The molecule has 0 aliphatic rings. The van der Waals surface area contributed by atoms with E-state index in [9.17, 15) is 18.0 Å². The molecule has 108 valence electrons. The van der Waals surface area contributed by atoms with Crippen LogP contribution < -0.4 is 9.30 Å². The van der Waals surface area contributed by atoms with Crippen molar-refractivity contribution < 1.29 is 27.3 Å². The zero-order valence-corrected chi connectivity index (χ0v) is 11.0. The van der Waals surface area contributed by atoms with Crippen LogP contribution in [0.4, 0.5) is 13.2 Å². The Morgan fingerprint density at radius 2 is 2.05 bits per heavy atom. The minimum absolute atomic E-state index is 0.0983. The zero-order valence-electron chi connectivity index (χ0n) is 11.0. The number of rotatable bonds is 6. The third-order valence-corrected chi connectivity index (χ3v) is 2.69. The van der Waals surface area contributed by atoms with Crippen molar-refractivity contribution in [1.82, 2.24) is 4.57 Å². The molecule has 0 saturated carbocycles. The lowest BCUT2D eigenvalue weighted by Gasteiger charge is -2.05. The zero-order chi connectivity index (χ0) is 14.5. The van der Waals surface area contributed by atoms with Crippen LogP contribution in [0.3, 0.4) is 0 Å². The van der Waals surface area contributed by atoms with Gasteiger partial charge in [-0.1, -0.05) is 19.8 Å². The van der Waals surface area contributed by atoms with Crippen LogP contribution in [0.25, 0.3) is 0 Å². The topological polar surface area (TPSA) is 35.1 Å². The summed E-state index contributed by atoms with van der Waals surface area (Å²) in [5.41, 5.74) is 0. The molecule has 1 aromatic rings. The lowest BCUT2D eigenvalue weighted by atomic mass is 10.2. The molecule has 7 heteroatoms. The molecule has 0 unspecified atom stereocenters. The second kappa shape index (κ2) is 6.58. The van der Waals surface area contributed by atoms with E-state index in [4.69, 9.17) is 0 Å². The molecule has 0 radical (unpaired) electrons. The Morgan fingerprint density at radius 3 is 2.63 bits per heavy atom. The van der Waals surface area contributed by atoms with Crippen molar-refractivity contribution in [3.05, 3.63) is 12.4 Å². The van der Waals surface area contributed by atoms with Gasteiger partial charge in [0.05, 0.1) is 13.6 Å². The maximum atomic E-state index is 12.2. The normalized spacial score (nSPS) is 11.6. The van der Waals surface area contributed by atoms with Crippen LogP contribution in [0.1, 0.15) is 32.6 Å². The fraction of sp³-hybridized carbons (Fsp3) is 0.667. The molecule has 0 aliphatic carbocycles. The van der Waals surface area contributed by atoms with Gasteiger partial charge in [-0.25, -0.2) is 4.79 Å². The summed E-state index contributed by atoms with van der Waals surface area (Å²) in [7, 11) is 1.53. The van der Waals surface area contributed by atoms with E-state index in [1.165, 1.54) is 16.2 Å². The predicted octanol–water partition coefficient (Wildman–Crippen LogP) is 2.36. The number of hydrogen-bond donors (Lipinski definition) is 0. The minimum atomic E-state index is -4.98. The largest absolute Gasteiger partial charge is 0.491 e. The average molecular weight is 279 g/mol. The van der Waals surface area contributed by atoms with Gasteiger partial charge in [0.2, 0.25) is 0 Å². The molecule has 4 nitrogen and oxygen atoms in total. The molecule has 0 saturated heterocycles. The number of esters is 1. The maximum absolute atomic E-state index is 12.2. The quantitative estimate of drug-likeness (QED) is 0.455. The molecule has 1 rings (SSSR count). The van der Waals surface area contributed by atoms with E-state index in [-0.39, 0.29) is 6.01 Å². The highest BCUT2D eigenvalue weighted by molar-refractivity contribution is 5.77. The maximum Gasteiger partial charge on any atom is 0.491 e. The highest BCUT2D eigenvalue weighted by Gasteiger charge is 2.43. The number of carbonyl (C=O) groups excluding carboxylic acids is 1. The van der Waals surface area contributed by atoms with Crippen LogP contribution in [0.15, 0.2) is 12.4 Å². The Balaban J connectivity index is 2.67. The summed E-state index contributed by atoms with van der Waals surface area (Å²) in [5, 5.41) is 0. The number of aryl methyl sites for hydroxylation is 2. The van der Waals surface area contributed by atoms with Crippen molar-refractivity contribution in [1.29, 1.82) is 0 Å². The third-order valence-electron chi connectivity index (χ3n) is 2.69. The molecule has 0 aliphatic heterocycles. The Kier molecular flexibility index (Phi) is 5.38. The molecule has 1 aromatic heterocycles. The number of ether oxygens (including phenoxy) is 1. The highest BCUT2D eigenvalue weighted by atomic mass is 19.4. The number of alkyl halides is 3. The van der Waals surface area contributed by atoms with E-state index in [0.29, 0.717) is 6.54 Å². The van der Waals surface area contributed by atoms with Crippen LogP contribution in [0.2, 0.25) is 0 Å². The Bertz CT molecular complexity index is 427. The summed E-state index contributed by atoms with van der Waals surface area (Å²) in [6.45, 7) is 2.60. The van der Waals surface area contributed by atoms with E-state index in [1.54, 1.807) is 12.4 Å². The average Bonchev–Trinajstić information content (AvgIpc) is 2.66. The van der Waals surface area contributed by atoms with Crippen LogP contribution in [0, 0.1) is 0 Å². The van der Waals surface area contributed by atoms with Gasteiger partial charge in [0.25, 0.3) is 0 Å². The fourth-order valence-corrected chi connectivity index (χ4v) is 1.66. The van der Waals surface area contributed by atoms with E-state index in [0.717, 1.165) is 25.7 Å². The lowest BCUT2D eigenvalue weighted by Crippen LogP contribution is -2.36. The summed E-state index contributed by atoms with van der Waals surface area (Å²) in [5.74, 6) is -2.20. The fourth-order valence-electron chi connectivity index (χ4n) is 1.66. The van der Waals surface area contributed by atoms with Gasteiger partial charge < -0.3 is 4.74 Å².